The Bertz CT molecular complexity index is 972. The standard InChI is InChI=1S/C24H23BrN2O2S/c1-2-14-26(24(29)20-10-12-21(25)13-11-20)18-23(28)27(17-22-9-6-15-30-22)16-19-7-4-3-5-8-19/h2-13,15H,1,14,16-18H2. The maximum absolute atomic E-state index is 13.2. The molecule has 3 rings (SSSR count). The summed E-state index contributed by atoms with van der Waals surface area (Å²) >= 11 is 5.00. The van der Waals surface area contributed by atoms with Crippen molar-refractivity contribution in [2.24, 2.45) is 0 Å². The van der Waals surface area contributed by atoms with Crippen LogP contribution in [-0.4, -0.2) is 34.7 Å². The Morgan fingerprint density at radius 3 is 2.30 bits per heavy atom. The third-order valence-corrected chi connectivity index (χ3v) is 5.94. The molecule has 0 aliphatic carbocycles. The Kier molecular flexibility index (Phi) is 7.99. The number of hydrogen-bond donors (Lipinski definition) is 0. The van der Waals surface area contributed by atoms with Gasteiger partial charge in [-0.3, -0.25) is 9.59 Å². The van der Waals surface area contributed by atoms with Crippen LogP contribution in [0.5, 0.6) is 0 Å². The SMILES string of the molecule is C=CCN(CC(=O)N(Cc1ccccc1)Cc1cccs1)C(=O)c1ccc(Br)cc1. The van der Waals surface area contributed by atoms with Crippen molar-refractivity contribution in [2.45, 2.75) is 13.1 Å². The molecule has 0 bridgehead atoms. The quantitative estimate of drug-likeness (QED) is 0.384. The molecule has 0 aliphatic rings. The fraction of sp³-hybridized carbons (Fsp3) is 0.167. The number of rotatable bonds is 9. The van der Waals surface area contributed by atoms with E-state index in [1.54, 1.807) is 34.4 Å². The molecule has 1 aromatic heterocycles. The summed E-state index contributed by atoms with van der Waals surface area (Å²) in [5.74, 6) is -0.286. The summed E-state index contributed by atoms with van der Waals surface area (Å²) in [7, 11) is 0. The maximum Gasteiger partial charge on any atom is 0.254 e. The molecule has 0 fully saturated rings. The Morgan fingerprint density at radius 1 is 0.933 bits per heavy atom. The van der Waals surface area contributed by atoms with Crippen LogP contribution in [0.25, 0.3) is 0 Å². The van der Waals surface area contributed by atoms with Gasteiger partial charge in [0.2, 0.25) is 5.91 Å². The maximum atomic E-state index is 13.2. The first-order valence-corrected chi connectivity index (χ1v) is 11.2. The van der Waals surface area contributed by atoms with E-state index < -0.39 is 0 Å². The second kappa shape index (κ2) is 10.9. The molecule has 30 heavy (non-hydrogen) atoms. The highest BCUT2D eigenvalue weighted by Crippen LogP contribution is 2.16. The summed E-state index contributed by atoms with van der Waals surface area (Å²) in [5, 5.41) is 2.00. The molecule has 2 amide bonds. The Balaban J connectivity index is 1.77. The predicted molar refractivity (Wildman–Crippen MR) is 125 cm³/mol. The van der Waals surface area contributed by atoms with E-state index in [9.17, 15) is 9.59 Å². The summed E-state index contributed by atoms with van der Waals surface area (Å²) in [6.45, 7) is 5.06. The molecule has 3 aromatic rings. The number of halogens is 1. The van der Waals surface area contributed by atoms with Gasteiger partial charge in [0.1, 0.15) is 6.54 Å². The fourth-order valence-corrected chi connectivity index (χ4v) is 4.02. The number of thiophene rings is 1. The zero-order valence-electron chi connectivity index (χ0n) is 16.5. The van der Waals surface area contributed by atoms with E-state index in [0.29, 0.717) is 25.2 Å². The minimum absolute atomic E-state index is 0.000867. The fourth-order valence-electron chi connectivity index (χ4n) is 3.04. The predicted octanol–water partition coefficient (Wildman–Crippen LogP) is 5.37. The molecular weight excluding hydrogens is 460 g/mol. The van der Waals surface area contributed by atoms with Crippen LogP contribution in [0, 0.1) is 0 Å². The first-order chi connectivity index (χ1) is 14.6. The van der Waals surface area contributed by atoms with Crippen LogP contribution in [0.1, 0.15) is 20.8 Å². The van der Waals surface area contributed by atoms with Crippen LogP contribution < -0.4 is 0 Å². The molecule has 2 aromatic carbocycles. The molecule has 0 saturated carbocycles. The van der Waals surface area contributed by atoms with E-state index in [1.807, 2.05) is 60.0 Å². The van der Waals surface area contributed by atoms with E-state index in [1.165, 1.54) is 4.90 Å². The van der Waals surface area contributed by atoms with Gasteiger partial charge in [0.05, 0.1) is 6.54 Å². The molecule has 6 heteroatoms. The van der Waals surface area contributed by atoms with Gasteiger partial charge in [-0.1, -0.05) is 58.4 Å². The van der Waals surface area contributed by atoms with Crippen molar-refractivity contribution in [1.29, 1.82) is 0 Å². The summed E-state index contributed by atoms with van der Waals surface area (Å²) in [6.07, 6.45) is 1.64. The monoisotopic (exact) mass is 482 g/mol. The Morgan fingerprint density at radius 2 is 1.67 bits per heavy atom. The molecule has 0 saturated heterocycles. The number of nitrogens with zero attached hydrogens (tertiary/aromatic N) is 2. The van der Waals surface area contributed by atoms with E-state index >= 15 is 0 Å². The largest absolute Gasteiger partial charge is 0.332 e. The highest BCUT2D eigenvalue weighted by atomic mass is 79.9. The van der Waals surface area contributed by atoms with Crippen molar-refractivity contribution in [3.63, 3.8) is 0 Å². The lowest BCUT2D eigenvalue weighted by Crippen LogP contribution is -2.42. The topological polar surface area (TPSA) is 40.6 Å². The van der Waals surface area contributed by atoms with Gasteiger partial charge < -0.3 is 9.80 Å². The molecular formula is C24H23BrN2O2S. The lowest BCUT2D eigenvalue weighted by Gasteiger charge is -2.27. The van der Waals surface area contributed by atoms with Gasteiger partial charge in [-0.05, 0) is 41.3 Å². The molecule has 1 heterocycles. The van der Waals surface area contributed by atoms with Crippen molar-refractivity contribution < 1.29 is 9.59 Å². The van der Waals surface area contributed by atoms with E-state index in [-0.39, 0.29) is 18.4 Å². The number of benzene rings is 2. The Labute approximate surface area is 189 Å². The van der Waals surface area contributed by atoms with Gasteiger partial charge in [-0.2, -0.15) is 0 Å². The normalized spacial score (nSPS) is 10.4. The number of amides is 2. The van der Waals surface area contributed by atoms with E-state index in [0.717, 1.165) is 14.9 Å². The minimum atomic E-state index is -0.188. The van der Waals surface area contributed by atoms with Gasteiger partial charge in [0.15, 0.2) is 0 Å². The van der Waals surface area contributed by atoms with E-state index in [4.69, 9.17) is 0 Å². The molecule has 0 unspecified atom stereocenters. The summed E-state index contributed by atoms with van der Waals surface area (Å²) in [5.41, 5.74) is 1.60. The molecule has 0 atom stereocenters. The zero-order valence-corrected chi connectivity index (χ0v) is 18.9. The highest BCUT2D eigenvalue weighted by molar-refractivity contribution is 9.10. The second-order valence-electron chi connectivity index (χ2n) is 6.80. The van der Waals surface area contributed by atoms with Crippen molar-refractivity contribution in [3.8, 4) is 0 Å². The average Bonchev–Trinajstić information content (AvgIpc) is 3.27. The van der Waals surface area contributed by atoms with Gasteiger partial charge in [-0.25, -0.2) is 0 Å². The van der Waals surface area contributed by atoms with Crippen LogP contribution in [0.3, 0.4) is 0 Å². The third-order valence-electron chi connectivity index (χ3n) is 4.55. The summed E-state index contributed by atoms with van der Waals surface area (Å²) in [6, 6.07) is 21.0. The zero-order chi connectivity index (χ0) is 21.3. The number of carbonyl (C=O) groups is 2. The van der Waals surface area contributed by atoms with Gasteiger partial charge in [-0.15, -0.1) is 17.9 Å². The van der Waals surface area contributed by atoms with Crippen LogP contribution in [0.15, 0.2) is 89.2 Å². The first-order valence-electron chi connectivity index (χ1n) is 9.56. The van der Waals surface area contributed by atoms with Gasteiger partial charge in [0.25, 0.3) is 5.91 Å². The molecule has 0 radical (unpaired) electrons. The Hall–Kier alpha value is -2.70. The lowest BCUT2D eigenvalue weighted by atomic mass is 10.2. The molecule has 0 aliphatic heterocycles. The van der Waals surface area contributed by atoms with Crippen molar-refractivity contribution in [3.05, 3.63) is 105 Å². The van der Waals surface area contributed by atoms with Crippen LogP contribution >= 0.6 is 27.3 Å². The van der Waals surface area contributed by atoms with Gasteiger partial charge >= 0.3 is 0 Å². The second-order valence-corrected chi connectivity index (χ2v) is 8.74. The molecule has 4 nitrogen and oxygen atoms in total. The smallest absolute Gasteiger partial charge is 0.254 e. The van der Waals surface area contributed by atoms with Crippen molar-refractivity contribution >= 4 is 39.1 Å². The third kappa shape index (κ3) is 6.15. The molecule has 0 spiro atoms. The van der Waals surface area contributed by atoms with Crippen LogP contribution in [0.4, 0.5) is 0 Å². The van der Waals surface area contributed by atoms with Crippen LogP contribution in [0.2, 0.25) is 0 Å². The summed E-state index contributed by atoms with van der Waals surface area (Å²) < 4.78 is 0.899. The van der Waals surface area contributed by atoms with E-state index in [2.05, 4.69) is 22.5 Å². The van der Waals surface area contributed by atoms with Crippen molar-refractivity contribution in [1.82, 2.24) is 9.80 Å². The van der Waals surface area contributed by atoms with Gasteiger partial charge in [0, 0.05) is 28.0 Å². The van der Waals surface area contributed by atoms with Crippen molar-refractivity contribution in [2.75, 3.05) is 13.1 Å². The van der Waals surface area contributed by atoms with Crippen LogP contribution in [-0.2, 0) is 17.9 Å². The first kappa shape index (κ1) is 22.0. The highest BCUT2D eigenvalue weighted by Gasteiger charge is 2.22. The average molecular weight is 483 g/mol. The minimum Gasteiger partial charge on any atom is -0.332 e. The summed E-state index contributed by atoms with van der Waals surface area (Å²) in [4.78, 5) is 30.7. The lowest BCUT2D eigenvalue weighted by molar-refractivity contribution is -0.133. The number of carbonyl (C=O) groups excluding carboxylic acids is 2. The number of hydrogen-bond acceptors (Lipinski definition) is 3. The molecule has 0 N–H and O–H groups in total. The molecule has 154 valence electrons.